The van der Waals surface area contributed by atoms with Crippen LogP contribution in [0, 0.1) is 12.8 Å². The van der Waals surface area contributed by atoms with E-state index in [1.54, 1.807) is 6.33 Å². The van der Waals surface area contributed by atoms with Gasteiger partial charge < -0.3 is 9.64 Å². The summed E-state index contributed by atoms with van der Waals surface area (Å²) in [5, 5.41) is 0. The van der Waals surface area contributed by atoms with Crippen LogP contribution < -0.4 is 4.74 Å². The topological polar surface area (TPSA) is 55.3 Å². The highest BCUT2D eigenvalue weighted by atomic mass is 16.5. The van der Waals surface area contributed by atoms with Crippen LogP contribution in [0.3, 0.4) is 0 Å². The standard InChI is InChI=1S/C20H23N3O2/c1-14-11-21-13-22-19(14)15-6-8-23(9-7-15)20(24)17-10-16-4-2-3-5-18(16)25-12-17/h2-5,11,13,15,17H,6-10,12H2,1H3/t17-/m1/s1. The summed E-state index contributed by atoms with van der Waals surface area (Å²) in [6, 6.07) is 8.01. The maximum absolute atomic E-state index is 12.9. The molecule has 1 atom stereocenters. The number of carbonyl (C=O) groups excluding carboxylic acids is 1. The Kier molecular flexibility index (Phi) is 4.38. The van der Waals surface area contributed by atoms with Crippen molar-refractivity contribution in [3.05, 3.63) is 53.6 Å². The molecule has 0 N–H and O–H groups in total. The minimum atomic E-state index is -0.0627. The van der Waals surface area contributed by atoms with E-state index in [0.29, 0.717) is 12.5 Å². The number of aromatic nitrogens is 2. The van der Waals surface area contributed by atoms with Crippen molar-refractivity contribution in [2.24, 2.45) is 5.92 Å². The minimum absolute atomic E-state index is 0.0627. The lowest BCUT2D eigenvalue weighted by Crippen LogP contribution is -2.44. The van der Waals surface area contributed by atoms with E-state index in [-0.39, 0.29) is 11.8 Å². The van der Waals surface area contributed by atoms with Gasteiger partial charge in [0, 0.05) is 30.9 Å². The molecule has 2 aromatic rings. The molecule has 4 rings (SSSR count). The highest BCUT2D eigenvalue weighted by Crippen LogP contribution is 2.31. The average molecular weight is 337 g/mol. The Morgan fingerprint density at radius 2 is 2.04 bits per heavy atom. The van der Waals surface area contributed by atoms with Crippen LogP contribution in [0.25, 0.3) is 0 Å². The van der Waals surface area contributed by atoms with Gasteiger partial charge in [-0.05, 0) is 43.4 Å². The number of ether oxygens (including phenoxy) is 1. The molecule has 5 nitrogen and oxygen atoms in total. The smallest absolute Gasteiger partial charge is 0.229 e. The number of nitrogens with zero attached hydrogens (tertiary/aromatic N) is 3. The van der Waals surface area contributed by atoms with Crippen molar-refractivity contribution in [1.82, 2.24) is 14.9 Å². The van der Waals surface area contributed by atoms with Gasteiger partial charge >= 0.3 is 0 Å². The monoisotopic (exact) mass is 337 g/mol. The predicted octanol–water partition coefficient (Wildman–Crippen LogP) is 2.74. The van der Waals surface area contributed by atoms with E-state index in [1.165, 1.54) is 0 Å². The Bertz CT molecular complexity index is 769. The third-order valence-corrected chi connectivity index (χ3v) is 5.36. The van der Waals surface area contributed by atoms with E-state index < -0.39 is 0 Å². The summed E-state index contributed by atoms with van der Waals surface area (Å²) in [5.74, 6) is 1.51. The fourth-order valence-electron chi connectivity index (χ4n) is 3.95. The fraction of sp³-hybridized carbons (Fsp3) is 0.450. The second kappa shape index (κ2) is 6.82. The van der Waals surface area contributed by atoms with Crippen LogP contribution in [0.1, 0.15) is 35.6 Å². The molecule has 3 heterocycles. The Morgan fingerprint density at radius 3 is 2.84 bits per heavy atom. The quantitative estimate of drug-likeness (QED) is 0.845. The molecule has 5 heteroatoms. The number of aryl methyl sites for hydroxylation is 1. The summed E-state index contributed by atoms with van der Waals surface area (Å²) in [6.45, 7) is 4.14. The summed E-state index contributed by atoms with van der Waals surface area (Å²) in [7, 11) is 0. The molecule has 0 spiro atoms. The number of likely N-dealkylation sites (tertiary alicyclic amines) is 1. The number of hydrogen-bond donors (Lipinski definition) is 0. The van der Waals surface area contributed by atoms with E-state index in [0.717, 1.165) is 54.9 Å². The minimum Gasteiger partial charge on any atom is -0.492 e. The highest BCUT2D eigenvalue weighted by molar-refractivity contribution is 5.80. The lowest BCUT2D eigenvalue weighted by Gasteiger charge is -2.35. The van der Waals surface area contributed by atoms with Crippen LogP contribution in [0.4, 0.5) is 0 Å². The zero-order valence-corrected chi connectivity index (χ0v) is 14.5. The SMILES string of the molecule is Cc1cncnc1C1CCN(C(=O)[C@H]2COc3ccccc3C2)CC1. The van der Waals surface area contributed by atoms with Gasteiger partial charge in [0.15, 0.2) is 0 Å². The van der Waals surface area contributed by atoms with E-state index in [4.69, 9.17) is 4.74 Å². The molecule has 1 amide bonds. The molecule has 0 bridgehead atoms. The first-order chi connectivity index (χ1) is 12.2. The summed E-state index contributed by atoms with van der Waals surface area (Å²) < 4.78 is 5.79. The second-order valence-electron chi connectivity index (χ2n) is 7.01. The first-order valence-corrected chi connectivity index (χ1v) is 8.98. The summed E-state index contributed by atoms with van der Waals surface area (Å²) in [6.07, 6.45) is 6.20. The molecule has 0 aliphatic carbocycles. The first kappa shape index (κ1) is 16.1. The van der Waals surface area contributed by atoms with Gasteiger partial charge in [-0.3, -0.25) is 4.79 Å². The van der Waals surface area contributed by atoms with Crippen molar-refractivity contribution in [3.8, 4) is 5.75 Å². The van der Waals surface area contributed by atoms with Crippen molar-refractivity contribution >= 4 is 5.91 Å². The van der Waals surface area contributed by atoms with Gasteiger partial charge in [-0.15, -0.1) is 0 Å². The largest absolute Gasteiger partial charge is 0.492 e. The molecule has 0 saturated carbocycles. The van der Waals surface area contributed by atoms with Crippen molar-refractivity contribution in [3.63, 3.8) is 0 Å². The van der Waals surface area contributed by atoms with Crippen molar-refractivity contribution in [2.75, 3.05) is 19.7 Å². The summed E-state index contributed by atoms with van der Waals surface area (Å²) in [5.41, 5.74) is 3.42. The average Bonchev–Trinajstić information content (AvgIpc) is 2.67. The number of benzene rings is 1. The number of amides is 1. The fourth-order valence-corrected chi connectivity index (χ4v) is 3.95. The van der Waals surface area contributed by atoms with Crippen LogP contribution in [0.15, 0.2) is 36.8 Å². The Balaban J connectivity index is 1.38. The van der Waals surface area contributed by atoms with Crippen molar-refractivity contribution in [2.45, 2.75) is 32.1 Å². The van der Waals surface area contributed by atoms with Gasteiger partial charge in [-0.2, -0.15) is 0 Å². The summed E-state index contributed by atoms with van der Waals surface area (Å²) >= 11 is 0. The molecule has 0 unspecified atom stereocenters. The molecule has 1 saturated heterocycles. The van der Waals surface area contributed by atoms with Crippen LogP contribution in [0.5, 0.6) is 5.75 Å². The molecule has 1 aromatic carbocycles. The molecule has 1 aromatic heterocycles. The van der Waals surface area contributed by atoms with Crippen molar-refractivity contribution < 1.29 is 9.53 Å². The van der Waals surface area contributed by atoms with Gasteiger partial charge in [0.1, 0.15) is 18.7 Å². The van der Waals surface area contributed by atoms with E-state index in [9.17, 15) is 4.79 Å². The van der Waals surface area contributed by atoms with Crippen LogP contribution in [0.2, 0.25) is 0 Å². The normalized spacial score (nSPS) is 20.7. The number of piperidine rings is 1. The van der Waals surface area contributed by atoms with Gasteiger partial charge in [-0.25, -0.2) is 9.97 Å². The number of fused-ring (bicyclic) bond motifs is 1. The van der Waals surface area contributed by atoms with E-state index >= 15 is 0 Å². The lowest BCUT2D eigenvalue weighted by atomic mass is 9.89. The van der Waals surface area contributed by atoms with Crippen LogP contribution >= 0.6 is 0 Å². The molecular formula is C20H23N3O2. The molecule has 1 fully saturated rings. The Morgan fingerprint density at radius 1 is 1.24 bits per heavy atom. The maximum Gasteiger partial charge on any atom is 0.229 e. The predicted molar refractivity (Wildman–Crippen MR) is 94.5 cm³/mol. The van der Waals surface area contributed by atoms with Gasteiger partial charge in [0.25, 0.3) is 0 Å². The van der Waals surface area contributed by atoms with Crippen LogP contribution in [-0.4, -0.2) is 40.5 Å². The maximum atomic E-state index is 12.9. The molecule has 2 aliphatic heterocycles. The van der Waals surface area contributed by atoms with Gasteiger partial charge in [0.2, 0.25) is 5.91 Å². The molecule has 0 radical (unpaired) electrons. The molecular weight excluding hydrogens is 314 g/mol. The zero-order chi connectivity index (χ0) is 17.2. The third-order valence-electron chi connectivity index (χ3n) is 5.36. The lowest BCUT2D eigenvalue weighted by molar-refractivity contribution is -0.138. The Hall–Kier alpha value is -2.43. The molecule has 130 valence electrons. The van der Waals surface area contributed by atoms with E-state index in [2.05, 4.69) is 23.0 Å². The number of carbonyl (C=O) groups is 1. The first-order valence-electron chi connectivity index (χ1n) is 8.98. The van der Waals surface area contributed by atoms with Gasteiger partial charge in [-0.1, -0.05) is 18.2 Å². The van der Waals surface area contributed by atoms with Crippen molar-refractivity contribution in [1.29, 1.82) is 0 Å². The summed E-state index contributed by atoms with van der Waals surface area (Å²) in [4.78, 5) is 23.4. The number of rotatable bonds is 2. The highest BCUT2D eigenvalue weighted by Gasteiger charge is 2.32. The van der Waals surface area contributed by atoms with E-state index in [1.807, 2.05) is 29.3 Å². The number of hydrogen-bond acceptors (Lipinski definition) is 4. The zero-order valence-electron chi connectivity index (χ0n) is 14.5. The Labute approximate surface area is 148 Å². The third kappa shape index (κ3) is 3.23. The number of para-hydroxylation sites is 1. The molecule has 25 heavy (non-hydrogen) atoms. The molecule has 2 aliphatic rings. The van der Waals surface area contributed by atoms with Crippen LogP contribution in [-0.2, 0) is 11.2 Å². The second-order valence-corrected chi connectivity index (χ2v) is 7.01. The van der Waals surface area contributed by atoms with Gasteiger partial charge in [0.05, 0.1) is 5.92 Å².